The summed E-state index contributed by atoms with van der Waals surface area (Å²) in [4.78, 5) is 28.7. The average molecular weight is 512 g/mol. The minimum Gasteiger partial charge on any atom is -0.441 e. The summed E-state index contributed by atoms with van der Waals surface area (Å²) in [5, 5.41) is 9.22. The highest BCUT2D eigenvalue weighted by Crippen LogP contribution is 2.36. The first-order chi connectivity index (χ1) is 16.5. The molecular weight excluding hydrogens is 493 g/mol. The molecule has 0 spiro atoms. The summed E-state index contributed by atoms with van der Waals surface area (Å²) in [7, 11) is -3.97. The van der Waals surface area contributed by atoms with Crippen molar-refractivity contribution in [2.24, 2.45) is 0 Å². The van der Waals surface area contributed by atoms with Crippen molar-refractivity contribution >= 4 is 32.7 Å². The van der Waals surface area contributed by atoms with Gasteiger partial charge in [0.05, 0.1) is 24.5 Å². The Kier molecular flexibility index (Phi) is 6.58. The molecule has 1 aromatic heterocycles. The first-order valence-electron chi connectivity index (χ1n) is 10.3. The number of fused-ring (bicyclic) bond motifs is 1. The number of aliphatic hydroxyl groups excluding tert-OH is 1. The molecule has 13 heteroatoms. The molecule has 2 heterocycles. The maximum absolute atomic E-state index is 13.4. The number of halogens is 3. The van der Waals surface area contributed by atoms with Crippen LogP contribution in [-0.4, -0.2) is 56.2 Å². The number of ether oxygens (including phenoxy) is 1. The van der Waals surface area contributed by atoms with E-state index in [2.05, 4.69) is 4.98 Å². The van der Waals surface area contributed by atoms with Crippen molar-refractivity contribution in [2.75, 3.05) is 30.4 Å². The zero-order valence-corrected chi connectivity index (χ0v) is 18.7. The summed E-state index contributed by atoms with van der Waals surface area (Å²) in [5.74, 6) is -0.597. The first kappa shape index (κ1) is 24.7. The fraction of sp³-hybridized carbons (Fsp3) is 0.273. The molecule has 2 aromatic carbocycles. The first-order valence-corrected chi connectivity index (χ1v) is 11.9. The third-order valence-corrected chi connectivity index (χ3v) is 6.49. The minimum absolute atomic E-state index is 0.00921. The van der Waals surface area contributed by atoms with E-state index in [0.29, 0.717) is 5.39 Å². The Morgan fingerprint density at radius 2 is 1.89 bits per heavy atom. The molecule has 0 saturated carbocycles. The van der Waals surface area contributed by atoms with Gasteiger partial charge in [0.25, 0.3) is 15.7 Å². The van der Waals surface area contributed by atoms with Gasteiger partial charge in [-0.15, -0.1) is 0 Å². The van der Waals surface area contributed by atoms with Gasteiger partial charge in [-0.2, -0.15) is 21.6 Å². The van der Waals surface area contributed by atoms with Crippen LogP contribution in [0.5, 0.6) is 0 Å². The predicted molar refractivity (Wildman–Crippen MR) is 119 cm³/mol. The lowest BCUT2D eigenvalue weighted by atomic mass is 10.0. The number of nitrogens with one attached hydrogen (secondary N) is 1. The van der Waals surface area contributed by atoms with Crippen LogP contribution >= 0.6 is 0 Å². The van der Waals surface area contributed by atoms with Gasteiger partial charge in [0.1, 0.15) is 12.7 Å². The number of benzene rings is 2. The van der Waals surface area contributed by atoms with Gasteiger partial charge in [-0.25, -0.2) is 4.79 Å². The van der Waals surface area contributed by atoms with Crippen LogP contribution in [0.2, 0.25) is 0 Å². The van der Waals surface area contributed by atoms with E-state index < -0.39 is 58.6 Å². The fourth-order valence-corrected chi connectivity index (χ4v) is 4.40. The number of cyclic esters (lactones) is 1. The van der Waals surface area contributed by atoms with Crippen LogP contribution in [0.1, 0.15) is 5.56 Å². The number of aromatic nitrogens is 1. The molecule has 3 aromatic rings. The number of carbonyl (C=O) groups is 1. The molecule has 2 N–H and O–H groups in total. The highest BCUT2D eigenvalue weighted by molar-refractivity contribution is 7.86. The zero-order chi connectivity index (χ0) is 25.4. The maximum atomic E-state index is 13.4. The number of alkyl halides is 3. The van der Waals surface area contributed by atoms with E-state index in [-0.39, 0.29) is 28.9 Å². The molecule has 1 amide bonds. The highest BCUT2D eigenvalue weighted by atomic mass is 32.2. The fourth-order valence-electron chi connectivity index (χ4n) is 3.70. The van der Waals surface area contributed by atoms with Crippen molar-refractivity contribution in [2.45, 2.75) is 12.3 Å². The van der Waals surface area contributed by atoms with E-state index >= 15 is 0 Å². The van der Waals surface area contributed by atoms with Crippen LogP contribution < -0.4 is 10.5 Å². The van der Waals surface area contributed by atoms with Crippen molar-refractivity contribution in [1.29, 1.82) is 0 Å². The van der Waals surface area contributed by atoms with Gasteiger partial charge in [-0.1, -0.05) is 24.3 Å². The average Bonchev–Trinajstić information content (AvgIpc) is 3.17. The number of nitrogens with zero attached hydrogens (tertiary/aromatic N) is 1. The van der Waals surface area contributed by atoms with E-state index in [4.69, 9.17) is 14.0 Å². The standard InChI is InChI=1S/C22H19F3N2O7S/c23-22(24,25)18-4-2-1-3-16(18)19-9-13-5-6-14(10-17(13)20(29)26-19)27-11-15(34-21(27)30)12-33-35(31,32)8-7-28/h1-6,9-10,15,28H,7-8,11-12H2,(H,26,29)/t15-/m1/s1. The topological polar surface area (TPSA) is 126 Å². The van der Waals surface area contributed by atoms with Gasteiger partial charge in [-0.05, 0) is 29.7 Å². The summed E-state index contributed by atoms with van der Waals surface area (Å²) in [5.41, 5.74) is -1.45. The Labute approximate surface area is 196 Å². The van der Waals surface area contributed by atoms with Crippen molar-refractivity contribution in [3.63, 3.8) is 0 Å². The molecule has 4 rings (SSSR count). The Morgan fingerprint density at radius 1 is 1.14 bits per heavy atom. The van der Waals surface area contributed by atoms with Gasteiger partial charge in [0.15, 0.2) is 0 Å². The van der Waals surface area contributed by atoms with Gasteiger partial charge in [0.2, 0.25) is 0 Å². The lowest BCUT2D eigenvalue weighted by molar-refractivity contribution is -0.137. The predicted octanol–water partition coefficient (Wildman–Crippen LogP) is 2.88. The molecule has 1 atom stereocenters. The number of amides is 1. The van der Waals surface area contributed by atoms with E-state index in [9.17, 15) is 31.2 Å². The smallest absolute Gasteiger partial charge is 0.417 e. The molecule has 35 heavy (non-hydrogen) atoms. The molecule has 9 nitrogen and oxygen atoms in total. The molecular formula is C22H19F3N2O7S. The van der Waals surface area contributed by atoms with Crippen LogP contribution in [0.4, 0.5) is 23.7 Å². The Balaban J connectivity index is 1.61. The lowest BCUT2D eigenvalue weighted by Gasteiger charge is -2.15. The SMILES string of the molecule is O=C1O[C@@H](COS(=O)(=O)CCO)CN1c1ccc2cc(-c3ccccc3C(F)(F)F)[nH]c(=O)c2c1. The molecule has 0 bridgehead atoms. The quantitative estimate of drug-likeness (QED) is 0.466. The Hall–Kier alpha value is -3.42. The second-order valence-electron chi connectivity index (χ2n) is 7.71. The Bertz CT molecular complexity index is 1440. The zero-order valence-electron chi connectivity index (χ0n) is 17.9. The highest BCUT2D eigenvalue weighted by Gasteiger charge is 2.35. The van der Waals surface area contributed by atoms with E-state index in [1.54, 1.807) is 0 Å². The van der Waals surface area contributed by atoms with Crippen LogP contribution in [-0.2, 0) is 25.2 Å². The van der Waals surface area contributed by atoms with E-state index in [0.717, 1.165) is 6.07 Å². The molecule has 186 valence electrons. The third-order valence-electron chi connectivity index (χ3n) is 5.31. The van der Waals surface area contributed by atoms with E-state index in [1.807, 2.05) is 0 Å². The molecule has 1 aliphatic rings. The monoisotopic (exact) mass is 512 g/mol. The summed E-state index contributed by atoms with van der Waals surface area (Å²) in [6.45, 7) is -1.12. The second kappa shape index (κ2) is 9.32. The number of hydrogen-bond donors (Lipinski definition) is 2. The van der Waals surface area contributed by atoms with Gasteiger partial charge in [-0.3, -0.25) is 13.9 Å². The van der Waals surface area contributed by atoms with Crippen molar-refractivity contribution in [1.82, 2.24) is 4.98 Å². The van der Waals surface area contributed by atoms with Gasteiger partial charge in [0, 0.05) is 22.3 Å². The third kappa shape index (κ3) is 5.31. The largest absolute Gasteiger partial charge is 0.441 e. The van der Waals surface area contributed by atoms with Gasteiger partial charge < -0.3 is 14.8 Å². The number of aromatic amines is 1. The number of pyridine rings is 1. The summed E-state index contributed by atoms with van der Waals surface area (Å²) >= 11 is 0. The molecule has 0 radical (unpaired) electrons. The van der Waals surface area contributed by atoms with Crippen molar-refractivity contribution in [3.8, 4) is 11.3 Å². The molecule has 0 aliphatic carbocycles. The summed E-state index contributed by atoms with van der Waals surface area (Å²) in [6, 6.07) is 10.7. The summed E-state index contributed by atoms with van der Waals surface area (Å²) in [6.07, 6.45) is -6.31. The lowest BCUT2D eigenvalue weighted by Crippen LogP contribution is -2.27. The molecule has 0 unspecified atom stereocenters. The maximum Gasteiger partial charge on any atom is 0.417 e. The minimum atomic E-state index is -4.61. The number of hydrogen-bond acceptors (Lipinski definition) is 7. The van der Waals surface area contributed by atoms with Crippen LogP contribution in [0, 0.1) is 0 Å². The molecule has 1 fully saturated rings. The number of H-pyrrole nitrogens is 1. The number of carbonyl (C=O) groups excluding carboxylic acids is 1. The van der Waals surface area contributed by atoms with Crippen LogP contribution in [0.15, 0.2) is 53.3 Å². The molecule has 1 aliphatic heterocycles. The van der Waals surface area contributed by atoms with Crippen molar-refractivity contribution < 1.29 is 40.4 Å². The second-order valence-corrected chi connectivity index (χ2v) is 9.47. The summed E-state index contributed by atoms with van der Waals surface area (Å²) < 4.78 is 73.2. The normalized spacial score (nSPS) is 16.6. The van der Waals surface area contributed by atoms with Crippen LogP contribution in [0.25, 0.3) is 22.0 Å². The van der Waals surface area contributed by atoms with Crippen molar-refractivity contribution in [3.05, 3.63) is 64.4 Å². The molecule has 1 saturated heterocycles. The van der Waals surface area contributed by atoms with Gasteiger partial charge >= 0.3 is 12.3 Å². The van der Waals surface area contributed by atoms with E-state index in [1.165, 1.54) is 47.4 Å². The number of aliphatic hydroxyl groups is 1. The number of rotatable bonds is 7. The Morgan fingerprint density at radius 3 is 2.60 bits per heavy atom. The van der Waals surface area contributed by atoms with Crippen LogP contribution in [0.3, 0.4) is 0 Å². The number of anilines is 1.